The van der Waals surface area contributed by atoms with Crippen LogP contribution in [0.1, 0.15) is 175 Å². The summed E-state index contributed by atoms with van der Waals surface area (Å²) in [6, 6.07) is 0. The second-order valence-corrected chi connectivity index (χ2v) is 15.3. The highest BCUT2D eigenvalue weighted by atomic mass is 16.6. The molecule has 63 heavy (non-hydrogen) atoms. The fourth-order valence-electron chi connectivity index (χ4n) is 5.85. The largest absolute Gasteiger partial charge is 0.462 e. The van der Waals surface area contributed by atoms with Crippen LogP contribution in [0.5, 0.6) is 0 Å². The van der Waals surface area contributed by atoms with Crippen LogP contribution in [0.15, 0.2) is 146 Å². The first-order chi connectivity index (χ1) is 31.0. The number of carbonyl (C=O) groups excluding carboxylic acids is 3. The highest BCUT2D eigenvalue weighted by Gasteiger charge is 2.19. The van der Waals surface area contributed by atoms with Gasteiger partial charge in [-0.1, -0.05) is 192 Å². The van der Waals surface area contributed by atoms with E-state index < -0.39 is 6.10 Å². The van der Waals surface area contributed by atoms with Gasteiger partial charge in [-0.25, -0.2) is 0 Å². The molecule has 0 heterocycles. The Morgan fingerprint density at radius 1 is 0.333 bits per heavy atom. The standard InChI is InChI=1S/C57H86O6/c1-4-7-10-13-16-19-22-24-26-27-28-29-31-32-35-38-41-44-47-50-56(59)62-53-54(52-61-55(58)49-46-43-40-37-34-21-18-15-12-9-6-3)63-57(60)51-48-45-42-39-36-33-30-25-23-20-17-14-11-8-5-2/h7-12,14,16-21,23-26,28-30,32,35,37,40,54H,4-6,13,15,22,27,31,33-34,36,38-39,41-53H2,1-3H3/b10-7-,11-8-,12-9-,17-14-,19-16-,21-18-,23-20-,26-24-,29-28-,30-25-,35-32-,40-37-. The van der Waals surface area contributed by atoms with E-state index in [1.807, 2.05) is 24.3 Å². The molecule has 6 heteroatoms. The summed E-state index contributed by atoms with van der Waals surface area (Å²) < 4.78 is 16.7. The smallest absolute Gasteiger partial charge is 0.306 e. The molecule has 0 aliphatic carbocycles. The molecular formula is C57H86O6. The summed E-state index contributed by atoms with van der Waals surface area (Å²) in [5.41, 5.74) is 0. The van der Waals surface area contributed by atoms with Crippen molar-refractivity contribution in [2.24, 2.45) is 0 Å². The maximum Gasteiger partial charge on any atom is 0.306 e. The van der Waals surface area contributed by atoms with E-state index in [2.05, 4.69) is 142 Å². The summed E-state index contributed by atoms with van der Waals surface area (Å²) in [7, 11) is 0. The SMILES string of the molecule is CC\C=C/C=C\C=C/C=C\CCCCCCCC(=O)OC(COC(=O)CCC/C=C\C/C=C\C/C=C\CC)COC(=O)CCCCC/C=C\C/C=C\C/C=C\C/C=C\C/C=C\CC. The molecule has 0 amide bonds. The molecule has 0 aliphatic heterocycles. The maximum atomic E-state index is 12.8. The van der Waals surface area contributed by atoms with Crippen molar-refractivity contribution in [2.45, 2.75) is 181 Å². The first-order valence-corrected chi connectivity index (χ1v) is 24.4. The Morgan fingerprint density at radius 3 is 1.16 bits per heavy atom. The molecule has 0 fully saturated rings. The van der Waals surface area contributed by atoms with Crippen LogP contribution >= 0.6 is 0 Å². The number of hydrogen-bond acceptors (Lipinski definition) is 6. The molecule has 0 aromatic carbocycles. The monoisotopic (exact) mass is 867 g/mol. The molecule has 1 atom stereocenters. The van der Waals surface area contributed by atoms with Crippen molar-refractivity contribution < 1.29 is 28.6 Å². The van der Waals surface area contributed by atoms with Crippen molar-refractivity contribution in [3.8, 4) is 0 Å². The van der Waals surface area contributed by atoms with Gasteiger partial charge in [0.1, 0.15) is 13.2 Å². The fourth-order valence-corrected chi connectivity index (χ4v) is 5.85. The van der Waals surface area contributed by atoms with E-state index in [4.69, 9.17) is 14.2 Å². The summed E-state index contributed by atoms with van der Waals surface area (Å²) in [5.74, 6) is -1.05. The molecule has 0 aromatic rings. The minimum absolute atomic E-state index is 0.128. The van der Waals surface area contributed by atoms with Gasteiger partial charge < -0.3 is 14.2 Å². The number of hydrogen-bond donors (Lipinski definition) is 0. The van der Waals surface area contributed by atoms with Crippen LogP contribution in [0.3, 0.4) is 0 Å². The van der Waals surface area contributed by atoms with Gasteiger partial charge in [0, 0.05) is 19.3 Å². The van der Waals surface area contributed by atoms with Crippen LogP contribution in [-0.4, -0.2) is 37.2 Å². The van der Waals surface area contributed by atoms with Crippen LogP contribution in [0.4, 0.5) is 0 Å². The van der Waals surface area contributed by atoms with Gasteiger partial charge in [0.15, 0.2) is 6.10 Å². The number of allylic oxidation sites excluding steroid dienone is 24. The molecule has 0 rings (SSSR count). The molecule has 0 saturated carbocycles. The molecule has 0 N–H and O–H groups in total. The Labute approximate surface area is 385 Å². The topological polar surface area (TPSA) is 78.9 Å². The molecule has 0 bridgehead atoms. The average molecular weight is 867 g/mol. The zero-order chi connectivity index (χ0) is 45.8. The lowest BCUT2D eigenvalue weighted by Crippen LogP contribution is -2.30. The third-order valence-corrected chi connectivity index (χ3v) is 9.41. The summed E-state index contributed by atoms with van der Waals surface area (Å²) in [4.78, 5) is 37.9. The Hall–Kier alpha value is -4.71. The lowest BCUT2D eigenvalue weighted by molar-refractivity contribution is -0.167. The Bertz CT molecular complexity index is 1460. The van der Waals surface area contributed by atoms with Crippen molar-refractivity contribution >= 4 is 17.9 Å². The number of rotatable bonds is 41. The van der Waals surface area contributed by atoms with E-state index >= 15 is 0 Å². The molecule has 0 radical (unpaired) electrons. The summed E-state index contributed by atoms with van der Waals surface area (Å²) in [5, 5.41) is 0. The zero-order valence-corrected chi connectivity index (χ0v) is 39.8. The number of carbonyl (C=O) groups is 3. The van der Waals surface area contributed by atoms with Crippen LogP contribution in [-0.2, 0) is 28.6 Å². The second kappa shape index (κ2) is 49.9. The van der Waals surface area contributed by atoms with E-state index in [9.17, 15) is 14.4 Å². The maximum absolute atomic E-state index is 12.8. The third-order valence-electron chi connectivity index (χ3n) is 9.41. The quantitative estimate of drug-likeness (QED) is 0.0200. The van der Waals surface area contributed by atoms with Gasteiger partial charge in [-0.2, -0.15) is 0 Å². The van der Waals surface area contributed by atoms with Crippen LogP contribution in [0.25, 0.3) is 0 Å². The van der Waals surface area contributed by atoms with Crippen LogP contribution in [0, 0.1) is 0 Å². The molecule has 0 aliphatic rings. The Morgan fingerprint density at radius 2 is 0.667 bits per heavy atom. The third kappa shape index (κ3) is 48.2. The molecule has 350 valence electrons. The van der Waals surface area contributed by atoms with E-state index in [1.54, 1.807) is 0 Å². The molecule has 0 spiro atoms. The molecular weight excluding hydrogens is 781 g/mol. The van der Waals surface area contributed by atoms with Gasteiger partial charge in [0.2, 0.25) is 0 Å². The molecule has 6 nitrogen and oxygen atoms in total. The second-order valence-electron chi connectivity index (χ2n) is 15.3. The highest BCUT2D eigenvalue weighted by Crippen LogP contribution is 2.11. The summed E-state index contributed by atoms with van der Waals surface area (Å²) in [6.07, 6.45) is 71.2. The predicted molar refractivity (Wildman–Crippen MR) is 269 cm³/mol. The van der Waals surface area contributed by atoms with Gasteiger partial charge in [-0.15, -0.1) is 0 Å². The van der Waals surface area contributed by atoms with Gasteiger partial charge in [-0.05, 0) is 109 Å². The minimum atomic E-state index is -0.830. The van der Waals surface area contributed by atoms with Crippen LogP contribution in [0.2, 0.25) is 0 Å². The van der Waals surface area contributed by atoms with Crippen molar-refractivity contribution in [1.82, 2.24) is 0 Å². The molecule has 0 aromatic heterocycles. The number of ether oxygens (including phenoxy) is 3. The Kier molecular flexibility index (Phi) is 46.2. The van der Waals surface area contributed by atoms with Crippen molar-refractivity contribution in [2.75, 3.05) is 13.2 Å². The lowest BCUT2D eigenvalue weighted by atomic mass is 10.1. The predicted octanol–water partition coefficient (Wildman–Crippen LogP) is 16.1. The van der Waals surface area contributed by atoms with Gasteiger partial charge in [0.05, 0.1) is 0 Å². The number of unbranched alkanes of at least 4 members (excludes halogenated alkanes) is 9. The first kappa shape index (κ1) is 58.3. The number of esters is 3. The Balaban J connectivity index is 4.55. The minimum Gasteiger partial charge on any atom is -0.462 e. The van der Waals surface area contributed by atoms with E-state index in [0.29, 0.717) is 12.8 Å². The summed E-state index contributed by atoms with van der Waals surface area (Å²) >= 11 is 0. The average Bonchev–Trinajstić information content (AvgIpc) is 3.28. The lowest BCUT2D eigenvalue weighted by Gasteiger charge is -2.18. The van der Waals surface area contributed by atoms with E-state index in [-0.39, 0.29) is 44.0 Å². The fraction of sp³-hybridized carbons (Fsp3) is 0.526. The molecule has 0 saturated heterocycles. The first-order valence-electron chi connectivity index (χ1n) is 24.4. The van der Waals surface area contributed by atoms with Gasteiger partial charge in [0.25, 0.3) is 0 Å². The normalized spacial score (nSPS) is 13.4. The molecule has 1 unspecified atom stereocenters. The van der Waals surface area contributed by atoms with Crippen LogP contribution < -0.4 is 0 Å². The zero-order valence-electron chi connectivity index (χ0n) is 39.8. The van der Waals surface area contributed by atoms with Gasteiger partial charge >= 0.3 is 17.9 Å². The van der Waals surface area contributed by atoms with Crippen molar-refractivity contribution in [1.29, 1.82) is 0 Å². The van der Waals surface area contributed by atoms with E-state index in [1.165, 1.54) is 0 Å². The van der Waals surface area contributed by atoms with Crippen molar-refractivity contribution in [3.05, 3.63) is 146 Å². The highest BCUT2D eigenvalue weighted by molar-refractivity contribution is 5.71. The van der Waals surface area contributed by atoms with E-state index in [0.717, 1.165) is 128 Å². The van der Waals surface area contributed by atoms with Crippen molar-refractivity contribution in [3.63, 3.8) is 0 Å². The summed E-state index contributed by atoms with van der Waals surface area (Å²) in [6.45, 7) is 6.13. The van der Waals surface area contributed by atoms with Gasteiger partial charge in [-0.3, -0.25) is 14.4 Å².